The first kappa shape index (κ1) is 19.7. The molecule has 0 atom stereocenters. The number of benzene rings is 2. The zero-order valence-electron chi connectivity index (χ0n) is 15.3. The molecule has 138 valence electrons. The maximum Gasteiger partial charge on any atom is 0.304 e. The van der Waals surface area contributed by atoms with Gasteiger partial charge in [0.1, 0.15) is 5.75 Å². The highest BCUT2D eigenvalue weighted by Gasteiger charge is 2.01. The van der Waals surface area contributed by atoms with E-state index in [1.807, 2.05) is 30.4 Å². The molecule has 4 nitrogen and oxygen atoms in total. The molecular formula is C22H27NO3. The summed E-state index contributed by atoms with van der Waals surface area (Å²) in [5, 5.41) is 11.6. The summed E-state index contributed by atoms with van der Waals surface area (Å²) < 4.78 is 5.90. The Hall–Kier alpha value is -2.59. The fourth-order valence-electron chi connectivity index (χ4n) is 2.62. The minimum Gasteiger partial charge on any atom is -0.493 e. The second-order valence-electron chi connectivity index (χ2n) is 6.21. The summed E-state index contributed by atoms with van der Waals surface area (Å²) in [6, 6.07) is 16.6. The van der Waals surface area contributed by atoms with Crippen molar-refractivity contribution in [2.24, 2.45) is 0 Å². The number of aryl methyl sites for hydroxylation is 2. The summed E-state index contributed by atoms with van der Waals surface area (Å²) in [5.74, 6) is 0.145. The molecule has 0 aliphatic heterocycles. The Kier molecular flexibility index (Phi) is 8.43. The van der Waals surface area contributed by atoms with E-state index in [0.29, 0.717) is 19.7 Å². The highest BCUT2D eigenvalue weighted by Crippen LogP contribution is 2.20. The number of nitrogens with one attached hydrogen (secondary N) is 1. The molecule has 0 aromatic heterocycles. The Labute approximate surface area is 155 Å². The Balaban J connectivity index is 1.71. The number of carbonyl (C=O) groups is 1. The third-order valence-corrected chi connectivity index (χ3v) is 4.00. The predicted octanol–water partition coefficient (Wildman–Crippen LogP) is 4.08. The smallest absolute Gasteiger partial charge is 0.304 e. The molecule has 0 bridgehead atoms. The first-order valence-corrected chi connectivity index (χ1v) is 9.01. The number of ether oxygens (including phenoxy) is 1. The highest BCUT2D eigenvalue weighted by atomic mass is 16.5. The minimum atomic E-state index is -0.781. The van der Waals surface area contributed by atoms with E-state index < -0.39 is 5.97 Å². The van der Waals surface area contributed by atoms with Crippen molar-refractivity contribution in [1.29, 1.82) is 0 Å². The van der Waals surface area contributed by atoms with Gasteiger partial charge in [-0.15, -0.1) is 0 Å². The number of hydrogen-bond donors (Lipinski definition) is 2. The summed E-state index contributed by atoms with van der Waals surface area (Å²) in [4.78, 5) is 10.4. The summed E-state index contributed by atoms with van der Waals surface area (Å²) in [6.45, 7) is 3.89. The first-order valence-electron chi connectivity index (χ1n) is 9.01. The van der Waals surface area contributed by atoms with E-state index in [2.05, 4.69) is 42.6 Å². The Morgan fingerprint density at radius 1 is 1.19 bits per heavy atom. The van der Waals surface area contributed by atoms with Crippen LogP contribution >= 0.6 is 0 Å². The Morgan fingerprint density at radius 2 is 2.00 bits per heavy atom. The van der Waals surface area contributed by atoms with Crippen LogP contribution in [0.15, 0.2) is 54.6 Å². The normalized spacial score (nSPS) is 11.0. The molecule has 0 heterocycles. The number of aliphatic carboxylic acids is 1. The lowest BCUT2D eigenvalue weighted by Gasteiger charge is -2.10. The van der Waals surface area contributed by atoms with E-state index in [0.717, 1.165) is 29.7 Å². The molecule has 2 N–H and O–H groups in total. The van der Waals surface area contributed by atoms with Crippen LogP contribution in [0.4, 0.5) is 0 Å². The number of carboxylic acid groups (broad SMARTS) is 1. The molecule has 4 heteroatoms. The van der Waals surface area contributed by atoms with Crippen molar-refractivity contribution in [2.75, 3.05) is 19.7 Å². The van der Waals surface area contributed by atoms with Crippen molar-refractivity contribution in [1.82, 2.24) is 5.32 Å². The van der Waals surface area contributed by atoms with Gasteiger partial charge in [0.15, 0.2) is 0 Å². The van der Waals surface area contributed by atoms with E-state index in [1.165, 1.54) is 5.56 Å². The van der Waals surface area contributed by atoms with Crippen LogP contribution in [-0.2, 0) is 11.2 Å². The van der Waals surface area contributed by atoms with Crippen LogP contribution in [0, 0.1) is 6.92 Å². The molecule has 0 aliphatic carbocycles. The second kappa shape index (κ2) is 11.1. The Bertz CT molecular complexity index is 711. The van der Waals surface area contributed by atoms with Gasteiger partial charge in [0, 0.05) is 13.1 Å². The summed E-state index contributed by atoms with van der Waals surface area (Å²) >= 11 is 0. The zero-order valence-corrected chi connectivity index (χ0v) is 15.3. The molecule has 26 heavy (non-hydrogen) atoms. The lowest BCUT2D eigenvalue weighted by atomic mass is 10.1. The van der Waals surface area contributed by atoms with Crippen LogP contribution < -0.4 is 10.1 Å². The molecule has 0 fully saturated rings. The molecular weight excluding hydrogens is 326 g/mol. The SMILES string of the molecule is Cc1cc(C=CCNCCC(=O)O)ccc1OCCCc1ccccc1. The van der Waals surface area contributed by atoms with E-state index in [9.17, 15) is 4.79 Å². The number of carboxylic acids is 1. The van der Waals surface area contributed by atoms with Crippen molar-refractivity contribution in [3.8, 4) is 5.75 Å². The molecule has 2 aromatic carbocycles. The first-order chi connectivity index (χ1) is 12.6. The van der Waals surface area contributed by atoms with E-state index in [1.54, 1.807) is 0 Å². The zero-order chi connectivity index (χ0) is 18.6. The van der Waals surface area contributed by atoms with Crippen molar-refractivity contribution in [2.45, 2.75) is 26.2 Å². The van der Waals surface area contributed by atoms with Crippen LogP contribution in [0.3, 0.4) is 0 Å². The van der Waals surface area contributed by atoms with Crippen LogP contribution in [-0.4, -0.2) is 30.8 Å². The largest absolute Gasteiger partial charge is 0.493 e. The molecule has 0 unspecified atom stereocenters. The van der Waals surface area contributed by atoms with Gasteiger partial charge in [-0.25, -0.2) is 0 Å². The monoisotopic (exact) mass is 353 g/mol. The molecule has 2 aromatic rings. The van der Waals surface area contributed by atoms with Gasteiger partial charge in [0.2, 0.25) is 0 Å². The van der Waals surface area contributed by atoms with Gasteiger partial charge >= 0.3 is 5.97 Å². The molecule has 0 radical (unpaired) electrons. The average molecular weight is 353 g/mol. The predicted molar refractivity (Wildman–Crippen MR) is 106 cm³/mol. The van der Waals surface area contributed by atoms with Crippen LogP contribution in [0.5, 0.6) is 5.75 Å². The standard InChI is InChI=1S/C22H27NO3/c1-18-17-20(9-5-14-23-15-13-22(24)25)11-12-21(18)26-16-6-10-19-7-3-2-4-8-19/h2-5,7-9,11-12,17,23H,6,10,13-16H2,1H3,(H,24,25). The fourth-order valence-corrected chi connectivity index (χ4v) is 2.62. The van der Waals surface area contributed by atoms with Crippen LogP contribution in [0.1, 0.15) is 29.5 Å². The van der Waals surface area contributed by atoms with Gasteiger partial charge in [0.25, 0.3) is 0 Å². The maximum absolute atomic E-state index is 10.4. The summed E-state index contributed by atoms with van der Waals surface area (Å²) in [5.41, 5.74) is 3.56. The summed E-state index contributed by atoms with van der Waals surface area (Å²) in [7, 11) is 0. The van der Waals surface area contributed by atoms with E-state index in [-0.39, 0.29) is 6.42 Å². The minimum absolute atomic E-state index is 0.142. The van der Waals surface area contributed by atoms with Crippen molar-refractivity contribution in [3.05, 3.63) is 71.3 Å². The number of rotatable bonds is 11. The van der Waals surface area contributed by atoms with Gasteiger partial charge in [-0.1, -0.05) is 48.6 Å². The Morgan fingerprint density at radius 3 is 2.73 bits per heavy atom. The van der Waals surface area contributed by atoms with Crippen molar-refractivity contribution in [3.63, 3.8) is 0 Å². The lowest BCUT2D eigenvalue weighted by molar-refractivity contribution is -0.136. The number of hydrogen-bond acceptors (Lipinski definition) is 3. The van der Waals surface area contributed by atoms with Gasteiger partial charge in [-0.3, -0.25) is 4.79 Å². The fraction of sp³-hybridized carbons (Fsp3) is 0.318. The van der Waals surface area contributed by atoms with Crippen LogP contribution in [0.2, 0.25) is 0 Å². The van der Waals surface area contributed by atoms with Gasteiger partial charge in [-0.2, -0.15) is 0 Å². The van der Waals surface area contributed by atoms with Crippen LogP contribution in [0.25, 0.3) is 6.08 Å². The highest BCUT2D eigenvalue weighted by molar-refractivity contribution is 5.66. The van der Waals surface area contributed by atoms with E-state index in [4.69, 9.17) is 9.84 Å². The third-order valence-electron chi connectivity index (χ3n) is 4.00. The molecule has 0 saturated heterocycles. The molecule has 0 saturated carbocycles. The van der Waals surface area contributed by atoms with Gasteiger partial charge in [0.05, 0.1) is 13.0 Å². The van der Waals surface area contributed by atoms with Gasteiger partial charge in [-0.05, 0) is 48.6 Å². The second-order valence-corrected chi connectivity index (χ2v) is 6.21. The quantitative estimate of drug-likeness (QED) is 0.598. The topological polar surface area (TPSA) is 58.6 Å². The molecule has 0 amide bonds. The lowest BCUT2D eigenvalue weighted by Crippen LogP contribution is -2.17. The average Bonchev–Trinajstić information content (AvgIpc) is 2.63. The van der Waals surface area contributed by atoms with Crippen molar-refractivity contribution >= 4 is 12.0 Å². The summed E-state index contributed by atoms with van der Waals surface area (Å²) in [6.07, 6.45) is 6.18. The van der Waals surface area contributed by atoms with Gasteiger partial charge < -0.3 is 15.2 Å². The van der Waals surface area contributed by atoms with Crippen molar-refractivity contribution < 1.29 is 14.6 Å². The molecule has 2 rings (SSSR count). The maximum atomic E-state index is 10.4. The molecule has 0 spiro atoms. The van der Waals surface area contributed by atoms with E-state index >= 15 is 0 Å². The third kappa shape index (κ3) is 7.53. The molecule has 0 aliphatic rings.